The lowest BCUT2D eigenvalue weighted by molar-refractivity contribution is 0.104. The second-order valence-corrected chi connectivity index (χ2v) is 4.09. The molecule has 0 saturated carbocycles. The molecule has 0 fully saturated rings. The van der Waals surface area contributed by atoms with E-state index in [1.807, 2.05) is 0 Å². The minimum Gasteiger partial charge on any atom is -0.506 e. The van der Waals surface area contributed by atoms with Crippen LogP contribution >= 0.6 is 0 Å². The van der Waals surface area contributed by atoms with E-state index < -0.39 is 0 Å². The summed E-state index contributed by atoms with van der Waals surface area (Å²) < 4.78 is 5.03. The minimum absolute atomic E-state index is 0.129. The zero-order chi connectivity index (χ0) is 14.4. The third-order valence-electron chi connectivity index (χ3n) is 2.75. The third-order valence-corrected chi connectivity index (χ3v) is 2.75. The molecule has 0 amide bonds. The average Bonchev–Trinajstić information content (AvgIpc) is 2.49. The minimum atomic E-state index is -0.129. The van der Waals surface area contributed by atoms with E-state index in [-0.39, 0.29) is 11.5 Å². The summed E-state index contributed by atoms with van der Waals surface area (Å²) in [5, 5.41) is 12.4. The molecule has 0 unspecified atom stereocenters. The highest BCUT2D eigenvalue weighted by Crippen LogP contribution is 2.21. The van der Waals surface area contributed by atoms with Crippen LogP contribution in [0.5, 0.6) is 11.5 Å². The first-order valence-electron chi connectivity index (χ1n) is 6.10. The second kappa shape index (κ2) is 6.43. The Bertz CT molecular complexity index is 618. The van der Waals surface area contributed by atoms with Crippen molar-refractivity contribution in [1.82, 2.24) is 0 Å². The number of hydrogen-bond donors (Lipinski definition) is 2. The lowest BCUT2D eigenvalue weighted by Crippen LogP contribution is -1.96. The van der Waals surface area contributed by atoms with Gasteiger partial charge in [-0.1, -0.05) is 12.1 Å². The van der Waals surface area contributed by atoms with Gasteiger partial charge >= 0.3 is 0 Å². The quantitative estimate of drug-likeness (QED) is 0.497. The molecule has 102 valence electrons. The summed E-state index contributed by atoms with van der Waals surface area (Å²) in [5.74, 6) is 0.711. The molecule has 0 aliphatic rings. The van der Waals surface area contributed by atoms with Crippen LogP contribution in [-0.4, -0.2) is 18.0 Å². The van der Waals surface area contributed by atoms with Crippen LogP contribution in [0, 0.1) is 0 Å². The van der Waals surface area contributed by atoms with Crippen LogP contribution in [0.3, 0.4) is 0 Å². The van der Waals surface area contributed by atoms with Crippen LogP contribution in [0.15, 0.2) is 60.8 Å². The molecule has 0 aliphatic carbocycles. The SMILES string of the molecule is COc1ccc(C(=O)/C=C/Nc2ccccc2O)cc1. The topological polar surface area (TPSA) is 58.6 Å². The predicted octanol–water partition coefficient (Wildman–Crippen LogP) is 3.21. The molecule has 0 bridgehead atoms. The maximum absolute atomic E-state index is 11.9. The largest absolute Gasteiger partial charge is 0.506 e. The Morgan fingerprint density at radius 3 is 2.50 bits per heavy atom. The number of methoxy groups -OCH3 is 1. The van der Waals surface area contributed by atoms with Crippen LogP contribution in [-0.2, 0) is 0 Å². The highest BCUT2D eigenvalue weighted by Gasteiger charge is 2.02. The van der Waals surface area contributed by atoms with Crippen LogP contribution in [0.2, 0.25) is 0 Å². The number of phenols is 1. The first-order chi connectivity index (χ1) is 9.70. The number of rotatable bonds is 5. The number of nitrogens with one attached hydrogen (secondary N) is 1. The number of allylic oxidation sites excluding steroid dienone is 1. The Morgan fingerprint density at radius 1 is 1.15 bits per heavy atom. The summed E-state index contributed by atoms with van der Waals surface area (Å²) in [5.41, 5.74) is 1.12. The number of benzene rings is 2. The Kier molecular flexibility index (Phi) is 4.39. The van der Waals surface area contributed by atoms with E-state index in [0.29, 0.717) is 17.0 Å². The number of ketones is 1. The Balaban J connectivity index is 2.00. The van der Waals surface area contributed by atoms with Crippen LogP contribution < -0.4 is 10.1 Å². The average molecular weight is 269 g/mol. The number of para-hydroxylation sites is 2. The van der Waals surface area contributed by atoms with Gasteiger partial charge in [-0.05, 0) is 36.4 Å². The monoisotopic (exact) mass is 269 g/mol. The van der Waals surface area contributed by atoms with E-state index in [4.69, 9.17) is 4.74 Å². The number of hydrogen-bond acceptors (Lipinski definition) is 4. The number of carbonyl (C=O) groups is 1. The smallest absolute Gasteiger partial charge is 0.187 e. The molecule has 2 rings (SSSR count). The van der Waals surface area contributed by atoms with Gasteiger partial charge in [-0.2, -0.15) is 0 Å². The number of aromatic hydroxyl groups is 1. The van der Waals surface area contributed by atoms with Gasteiger partial charge in [0.05, 0.1) is 12.8 Å². The van der Waals surface area contributed by atoms with Gasteiger partial charge in [-0.3, -0.25) is 4.79 Å². The molecule has 2 aromatic rings. The molecule has 20 heavy (non-hydrogen) atoms. The summed E-state index contributed by atoms with van der Waals surface area (Å²) >= 11 is 0. The lowest BCUT2D eigenvalue weighted by atomic mass is 10.1. The summed E-state index contributed by atoms with van der Waals surface area (Å²) in [7, 11) is 1.58. The van der Waals surface area contributed by atoms with Gasteiger partial charge in [0.1, 0.15) is 11.5 Å². The van der Waals surface area contributed by atoms with Crippen molar-refractivity contribution in [3.8, 4) is 11.5 Å². The van der Waals surface area contributed by atoms with E-state index in [9.17, 15) is 9.90 Å². The fourth-order valence-electron chi connectivity index (χ4n) is 1.65. The standard InChI is InChI=1S/C16H15NO3/c1-20-13-8-6-12(7-9-13)15(18)10-11-17-14-4-2-3-5-16(14)19/h2-11,17,19H,1H3/b11-10+. The van der Waals surface area contributed by atoms with Crippen LogP contribution in [0.1, 0.15) is 10.4 Å². The molecule has 0 aliphatic heterocycles. The first-order valence-corrected chi connectivity index (χ1v) is 6.10. The molecule has 4 heteroatoms. The lowest BCUT2D eigenvalue weighted by Gasteiger charge is -2.03. The van der Waals surface area contributed by atoms with Gasteiger partial charge in [0.2, 0.25) is 0 Å². The first kappa shape index (κ1) is 13.7. The normalized spacial score (nSPS) is 10.4. The number of anilines is 1. The van der Waals surface area contributed by atoms with E-state index in [1.54, 1.807) is 55.6 Å². The summed E-state index contributed by atoms with van der Waals surface area (Å²) in [6.45, 7) is 0. The van der Waals surface area contributed by atoms with Gasteiger partial charge in [0.15, 0.2) is 5.78 Å². The second-order valence-electron chi connectivity index (χ2n) is 4.09. The third kappa shape index (κ3) is 3.38. The van der Waals surface area contributed by atoms with E-state index >= 15 is 0 Å². The van der Waals surface area contributed by atoms with Crippen molar-refractivity contribution in [2.75, 3.05) is 12.4 Å². The Hall–Kier alpha value is -2.75. The van der Waals surface area contributed by atoms with E-state index in [1.165, 1.54) is 12.3 Å². The van der Waals surface area contributed by atoms with E-state index in [0.717, 1.165) is 0 Å². The number of carbonyl (C=O) groups excluding carboxylic acids is 1. The van der Waals surface area contributed by atoms with Gasteiger partial charge in [-0.25, -0.2) is 0 Å². The number of phenolic OH excluding ortho intramolecular Hbond substituents is 1. The molecule has 0 radical (unpaired) electrons. The Morgan fingerprint density at radius 2 is 1.85 bits per heavy atom. The zero-order valence-corrected chi connectivity index (χ0v) is 11.0. The Labute approximate surface area is 117 Å². The fourth-order valence-corrected chi connectivity index (χ4v) is 1.65. The molecule has 2 N–H and O–H groups in total. The van der Waals surface area contributed by atoms with Crippen molar-refractivity contribution in [2.45, 2.75) is 0 Å². The summed E-state index contributed by atoms with van der Waals surface area (Å²) in [6.07, 6.45) is 2.91. The highest BCUT2D eigenvalue weighted by atomic mass is 16.5. The highest BCUT2D eigenvalue weighted by molar-refractivity contribution is 6.04. The predicted molar refractivity (Wildman–Crippen MR) is 78.2 cm³/mol. The maximum atomic E-state index is 11.9. The fraction of sp³-hybridized carbons (Fsp3) is 0.0625. The van der Waals surface area contributed by atoms with Crippen molar-refractivity contribution in [3.63, 3.8) is 0 Å². The van der Waals surface area contributed by atoms with Gasteiger partial charge in [0.25, 0.3) is 0 Å². The zero-order valence-electron chi connectivity index (χ0n) is 11.0. The van der Waals surface area contributed by atoms with Gasteiger partial charge in [0, 0.05) is 17.8 Å². The molecular formula is C16H15NO3. The molecule has 0 heterocycles. The van der Waals surface area contributed by atoms with Crippen LogP contribution in [0.25, 0.3) is 0 Å². The molecule has 0 spiro atoms. The van der Waals surface area contributed by atoms with Crippen molar-refractivity contribution in [3.05, 3.63) is 66.4 Å². The molecule has 0 atom stereocenters. The van der Waals surface area contributed by atoms with Gasteiger partial charge < -0.3 is 15.2 Å². The molecular weight excluding hydrogens is 254 g/mol. The summed E-state index contributed by atoms with van der Waals surface area (Å²) in [6, 6.07) is 13.7. The number of ether oxygens (including phenoxy) is 1. The molecule has 2 aromatic carbocycles. The van der Waals surface area contributed by atoms with Gasteiger partial charge in [-0.15, -0.1) is 0 Å². The van der Waals surface area contributed by atoms with Crippen molar-refractivity contribution in [1.29, 1.82) is 0 Å². The van der Waals surface area contributed by atoms with E-state index in [2.05, 4.69) is 5.32 Å². The molecule has 4 nitrogen and oxygen atoms in total. The molecule has 0 aromatic heterocycles. The van der Waals surface area contributed by atoms with Crippen molar-refractivity contribution < 1.29 is 14.6 Å². The van der Waals surface area contributed by atoms with Crippen molar-refractivity contribution in [2.24, 2.45) is 0 Å². The summed E-state index contributed by atoms with van der Waals surface area (Å²) in [4.78, 5) is 11.9. The van der Waals surface area contributed by atoms with Crippen molar-refractivity contribution >= 4 is 11.5 Å². The maximum Gasteiger partial charge on any atom is 0.187 e. The van der Waals surface area contributed by atoms with Crippen LogP contribution in [0.4, 0.5) is 5.69 Å². The molecule has 0 saturated heterocycles.